The summed E-state index contributed by atoms with van der Waals surface area (Å²) < 4.78 is 21.1. The number of anilines is 1. The quantitative estimate of drug-likeness (QED) is 0.143. The smallest absolute Gasteiger partial charge is 0.276 e. The van der Waals surface area contributed by atoms with Crippen molar-refractivity contribution in [3.8, 4) is 11.5 Å². The summed E-state index contributed by atoms with van der Waals surface area (Å²) in [6.07, 6.45) is -0.803. The number of nitrogens with zero attached hydrogens (tertiary/aromatic N) is 3. The van der Waals surface area contributed by atoms with E-state index in [1.807, 2.05) is 64.2 Å². The van der Waals surface area contributed by atoms with E-state index in [0.29, 0.717) is 17.1 Å². The monoisotopic (exact) mass is 699 g/mol. The highest BCUT2D eigenvalue weighted by Crippen LogP contribution is 2.53. The third-order valence-electron chi connectivity index (χ3n) is 9.64. The Kier molecular flexibility index (Phi) is 9.16. The molecule has 1 aromatic heterocycles. The average Bonchev–Trinajstić information content (AvgIpc) is 3.62. The molecule has 50 heavy (non-hydrogen) atoms. The molecule has 0 spiro atoms. The first-order valence-electron chi connectivity index (χ1n) is 16.7. The zero-order valence-electron chi connectivity index (χ0n) is 29.2. The van der Waals surface area contributed by atoms with E-state index in [-0.39, 0.29) is 17.9 Å². The minimum atomic E-state index is -2.35. The highest BCUT2D eigenvalue weighted by Gasteiger charge is 2.71. The molecule has 4 aromatic rings. The molecule has 1 unspecified atom stereocenters. The van der Waals surface area contributed by atoms with E-state index in [1.54, 1.807) is 71.2 Å². The number of carbonyl (C=O) groups excluding carboxylic acids is 2. The lowest BCUT2D eigenvalue weighted by molar-refractivity contribution is -0.130. The van der Waals surface area contributed by atoms with Crippen molar-refractivity contribution in [2.75, 3.05) is 18.6 Å². The first kappa shape index (κ1) is 35.3. The lowest BCUT2D eigenvalue weighted by Gasteiger charge is -2.54. The molecule has 5 N–H and O–H groups in total. The van der Waals surface area contributed by atoms with Gasteiger partial charge in [0.25, 0.3) is 5.91 Å². The number of imidazole rings is 1. The molecule has 0 saturated carbocycles. The number of hydrogen-bond acceptors (Lipinski definition) is 10. The van der Waals surface area contributed by atoms with Crippen LogP contribution in [0.3, 0.4) is 0 Å². The number of ketones is 1. The van der Waals surface area contributed by atoms with Crippen molar-refractivity contribution >= 4 is 26.3 Å². The van der Waals surface area contributed by atoms with Crippen LogP contribution in [0.1, 0.15) is 47.2 Å². The molecule has 264 valence electrons. The number of aliphatic hydroxyl groups excluding tert-OH is 2. The van der Waals surface area contributed by atoms with Gasteiger partial charge in [-0.3, -0.25) is 19.9 Å². The van der Waals surface area contributed by atoms with Gasteiger partial charge in [-0.1, -0.05) is 73.8 Å². The second-order valence-corrected chi connectivity index (χ2v) is 17.3. The molecule has 12 nitrogen and oxygen atoms in total. The van der Waals surface area contributed by atoms with Crippen LogP contribution in [0.25, 0.3) is 0 Å². The van der Waals surface area contributed by atoms with Crippen molar-refractivity contribution < 1.29 is 34.0 Å². The van der Waals surface area contributed by atoms with Gasteiger partial charge in [0, 0.05) is 17.5 Å². The van der Waals surface area contributed by atoms with Crippen molar-refractivity contribution in [1.82, 2.24) is 14.9 Å². The van der Waals surface area contributed by atoms with E-state index in [9.17, 15) is 19.8 Å². The van der Waals surface area contributed by atoms with Gasteiger partial charge in [0.05, 0.1) is 20.0 Å². The van der Waals surface area contributed by atoms with Gasteiger partial charge in [-0.15, -0.1) is 0 Å². The fourth-order valence-electron chi connectivity index (χ4n) is 7.59. The van der Waals surface area contributed by atoms with E-state index in [2.05, 4.69) is 10.3 Å². The maximum Gasteiger partial charge on any atom is 0.276 e. The van der Waals surface area contributed by atoms with Crippen molar-refractivity contribution in [2.24, 2.45) is 5.73 Å². The number of hydrogen-bond donors (Lipinski definition) is 4. The second-order valence-electron chi connectivity index (χ2n) is 14.2. The third kappa shape index (κ3) is 5.49. The number of rotatable bonds is 10. The molecule has 2 aliphatic rings. The van der Waals surface area contributed by atoms with Gasteiger partial charge in [-0.2, -0.15) is 0 Å². The molecule has 3 aromatic carbocycles. The number of fused-ring (bicyclic) bond motifs is 1. The summed E-state index contributed by atoms with van der Waals surface area (Å²) in [6.45, 7) is 9.24. The number of nitrogens with one attached hydrogen (secondary N) is 1. The number of benzene rings is 3. The highest BCUT2D eigenvalue weighted by molar-refractivity contribution is 6.58. The molecule has 1 saturated heterocycles. The number of amides is 1. The third-order valence-corrected chi connectivity index (χ3v) is 12.1. The predicted molar refractivity (Wildman–Crippen MR) is 191 cm³/mol. The van der Waals surface area contributed by atoms with Crippen LogP contribution in [-0.2, 0) is 16.5 Å². The maximum atomic E-state index is 14.4. The van der Waals surface area contributed by atoms with Crippen molar-refractivity contribution in [3.63, 3.8) is 0 Å². The van der Waals surface area contributed by atoms with E-state index < -0.39 is 61.6 Å². The molecule has 1 amide bonds. The Bertz CT molecular complexity index is 1850. The molecule has 2 aliphatic heterocycles. The van der Waals surface area contributed by atoms with Crippen LogP contribution in [0.15, 0.2) is 91.3 Å². The Morgan fingerprint density at radius 2 is 1.62 bits per heavy atom. The normalized spacial score (nSPS) is 26.4. The fourth-order valence-corrected chi connectivity index (χ4v) is 10.1. The first-order valence-corrected chi connectivity index (χ1v) is 19.6. The van der Waals surface area contributed by atoms with Crippen LogP contribution in [-0.4, -0.2) is 83.1 Å². The van der Waals surface area contributed by atoms with Gasteiger partial charge < -0.3 is 34.6 Å². The summed E-state index contributed by atoms with van der Waals surface area (Å²) in [7, 11) is -0.777. The van der Waals surface area contributed by atoms with Gasteiger partial charge in [0.15, 0.2) is 16.6 Å². The molecule has 5 atom stereocenters. The lowest BCUT2D eigenvalue weighted by Crippen LogP contribution is -2.78. The number of aromatic nitrogens is 2. The van der Waals surface area contributed by atoms with E-state index in [4.69, 9.17) is 19.9 Å². The molecular weight excluding hydrogens is 655 g/mol. The number of aliphatic hydroxyl groups is 2. The number of carbonyl (C=O) groups is 2. The Morgan fingerprint density at radius 3 is 2.18 bits per heavy atom. The first-order chi connectivity index (χ1) is 23.7. The summed E-state index contributed by atoms with van der Waals surface area (Å²) in [5.41, 5.74) is 5.78. The SMILES string of the molecule is COc1ccc(O[C@]2(Cc3ccccc3)[C@H](O)[C@@H](CO)O[C@]2(n2cnc3c2N(C(C)(C)C)C(N)(C(=O)c2ccccc2)NC3=O)[SiH](C)C)cc1. The molecule has 0 radical (unpaired) electrons. The Balaban J connectivity index is 1.65. The van der Waals surface area contributed by atoms with Crippen LogP contribution in [0.5, 0.6) is 11.5 Å². The van der Waals surface area contributed by atoms with Crippen LogP contribution < -0.4 is 25.4 Å². The van der Waals surface area contributed by atoms with Gasteiger partial charge >= 0.3 is 0 Å². The minimum Gasteiger partial charge on any atom is -0.497 e. The number of Topliss-reactive ketones (excluding diaryl/α,β-unsaturated/α-hetero) is 1. The minimum absolute atomic E-state index is 0.0273. The van der Waals surface area contributed by atoms with Crippen LogP contribution in [0.2, 0.25) is 13.1 Å². The van der Waals surface area contributed by atoms with Crippen molar-refractivity contribution in [1.29, 1.82) is 0 Å². The number of nitrogens with two attached hydrogens (primary N) is 1. The molecular formula is C37H45N5O7Si. The van der Waals surface area contributed by atoms with Gasteiger partial charge in [-0.05, 0) is 50.6 Å². The summed E-state index contributed by atoms with van der Waals surface area (Å²) >= 11 is 0. The predicted octanol–water partition coefficient (Wildman–Crippen LogP) is 3.23. The van der Waals surface area contributed by atoms with E-state index in [0.717, 1.165) is 5.56 Å². The van der Waals surface area contributed by atoms with Crippen LogP contribution in [0, 0.1) is 0 Å². The molecule has 1 fully saturated rings. The second kappa shape index (κ2) is 13.0. The van der Waals surface area contributed by atoms with Crippen LogP contribution >= 0.6 is 0 Å². The highest BCUT2D eigenvalue weighted by atomic mass is 28.3. The summed E-state index contributed by atoms with van der Waals surface area (Å²) in [5, 5.41) is 24.4. The Morgan fingerprint density at radius 1 is 1.02 bits per heavy atom. The molecule has 6 rings (SSSR count). The molecule has 13 heteroatoms. The van der Waals surface area contributed by atoms with Crippen molar-refractivity contribution in [2.45, 2.75) is 74.8 Å². The number of methoxy groups -OCH3 is 1. The van der Waals surface area contributed by atoms with Crippen LogP contribution in [0.4, 0.5) is 5.82 Å². The van der Waals surface area contributed by atoms with Gasteiger partial charge in [0.1, 0.15) is 38.3 Å². The zero-order chi connectivity index (χ0) is 36.1. The van der Waals surface area contributed by atoms with Gasteiger partial charge in [-0.25, -0.2) is 4.98 Å². The summed E-state index contributed by atoms with van der Waals surface area (Å²) in [6, 6.07) is 25.1. The molecule has 0 bridgehead atoms. The summed E-state index contributed by atoms with van der Waals surface area (Å²) in [4.78, 5) is 34.7. The number of ether oxygens (including phenoxy) is 3. The van der Waals surface area contributed by atoms with Crippen molar-refractivity contribution in [3.05, 3.63) is 108 Å². The van der Waals surface area contributed by atoms with Gasteiger partial charge in [0.2, 0.25) is 11.6 Å². The topological polar surface area (TPSA) is 161 Å². The molecule has 0 aliphatic carbocycles. The standard InChI is InChI=1S/C37H45N5O7Si/c1-34(2,3)42-33-29(32(46)40-36(42,38)30(44)25-15-11-8-12-16-25)39-23-41(33)37(50(5)6)35(31(45)28(22-43)49-37,21-24-13-9-7-10-14-24)48-27-19-17-26(47-4)18-20-27/h7-20,23,28,31,43,45,50H,21-22,38H2,1-6H3,(H,40,46)/t28-,31-,35-,36?,37+/m1/s1. The fraction of sp³-hybridized carbons (Fsp3) is 0.378. The Labute approximate surface area is 293 Å². The lowest BCUT2D eigenvalue weighted by atomic mass is 9.85. The maximum absolute atomic E-state index is 14.4. The van der Waals surface area contributed by atoms with E-state index in [1.165, 1.54) is 6.33 Å². The zero-order valence-corrected chi connectivity index (χ0v) is 30.3. The Hall–Kier alpha value is -4.53. The average molecular weight is 700 g/mol. The van der Waals surface area contributed by atoms with E-state index >= 15 is 0 Å². The summed E-state index contributed by atoms with van der Waals surface area (Å²) in [5.74, 6) is -1.94. The largest absolute Gasteiger partial charge is 0.497 e. The molecule has 3 heterocycles.